The van der Waals surface area contributed by atoms with Crippen LogP contribution in [0.3, 0.4) is 0 Å². The van der Waals surface area contributed by atoms with Crippen molar-refractivity contribution in [3.63, 3.8) is 0 Å². The maximum Gasteiger partial charge on any atom is 0.240 e. The molecule has 3 rings (SSSR count). The number of carbonyl (C=O) groups excluding carboxylic acids is 1. The number of amides is 1. The van der Waals surface area contributed by atoms with Gasteiger partial charge in [0.2, 0.25) is 11.3 Å². The lowest BCUT2D eigenvalue weighted by Crippen LogP contribution is -2.31. The molecule has 1 heterocycles. The Morgan fingerprint density at radius 1 is 1.21 bits per heavy atom. The predicted molar refractivity (Wildman–Crippen MR) is 107 cm³/mol. The van der Waals surface area contributed by atoms with Crippen LogP contribution >= 0.6 is 0 Å². The van der Waals surface area contributed by atoms with Crippen LogP contribution in [0.1, 0.15) is 24.2 Å². The van der Waals surface area contributed by atoms with Crippen molar-refractivity contribution in [1.29, 1.82) is 0 Å². The predicted octanol–water partition coefficient (Wildman–Crippen LogP) is 3.67. The molecule has 150 valence electrons. The van der Waals surface area contributed by atoms with Gasteiger partial charge < -0.3 is 19.7 Å². The molecule has 1 unspecified atom stereocenters. The van der Waals surface area contributed by atoms with E-state index in [0.29, 0.717) is 17.0 Å². The van der Waals surface area contributed by atoms with Crippen molar-refractivity contribution in [2.75, 3.05) is 0 Å². The van der Waals surface area contributed by atoms with Gasteiger partial charge in [0.1, 0.15) is 12.3 Å². The molecule has 2 N–H and O–H groups in total. The highest BCUT2D eigenvalue weighted by molar-refractivity contribution is 5.76. The number of nitrogens with zero attached hydrogens (tertiary/aromatic N) is 1. The molecular formula is C22H21FN2O4. The maximum atomic E-state index is 14.4. The minimum Gasteiger partial charge on any atom is -0.503 e. The zero-order chi connectivity index (χ0) is 21.0. The van der Waals surface area contributed by atoms with E-state index >= 15 is 0 Å². The molecule has 0 aliphatic heterocycles. The number of aromatic hydroxyl groups is 1. The third kappa shape index (κ3) is 4.82. The van der Waals surface area contributed by atoms with Gasteiger partial charge in [0.05, 0.1) is 11.7 Å². The van der Waals surface area contributed by atoms with Gasteiger partial charge in [-0.1, -0.05) is 24.3 Å². The van der Waals surface area contributed by atoms with E-state index in [2.05, 4.69) is 5.32 Å². The summed E-state index contributed by atoms with van der Waals surface area (Å²) in [6.07, 6.45) is 1.44. The van der Waals surface area contributed by atoms with E-state index in [1.165, 1.54) is 29.0 Å². The fourth-order valence-corrected chi connectivity index (χ4v) is 2.84. The number of hydrogen-bond donors (Lipinski definition) is 2. The molecule has 2 aromatic carbocycles. The minimum absolute atomic E-state index is 0.0816. The zero-order valence-electron chi connectivity index (χ0n) is 16.1. The lowest BCUT2D eigenvalue weighted by molar-refractivity contribution is -0.122. The molecule has 0 saturated carbocycles. The standard InChI is InChI=1S/C22H21FN2O4/c1-14(24-21(27)13-25-11-10-19(26)22(28)15(25)2)16-8-9-20(18(23)12-16)29-17-6-4-3-5-7-17/h3-12,14,28H,13H2,1-2H3,(H,24,27). The number of para-hydroxylation sites is 1. The fourth-order valence-electron chi connectivity index (χ4n) is 2.84. The Morgan fingerprint density at radius 3 is 2.62 bits per heavy atom. The van der Waals surface area contributed by atoms with Crippen LogP contribution in [0.4, 0.5) is 4.39 Å². The van der Waals surface area contributed by atoms with Crippen LogP contribution in [0.5, 0.6) is 17.2 Å². The highest BCUT2D eigenvalue weighted by atomic mass is 19.1. The normalized spacial score (nSPS) is 11.7. The highest BCUT2D eigenvalue weighted by Gasteiger charge is 2.14. The average Bonchev–Trinajstić information content (AvgIpc) is 2.70. The van der Waals surface area contributed by atoms with Gasteiger partial charge in [0.15, 0.2) is 17.3 Å². The summed E-state index contributed by atoms with van der Waals surface area (Å²) in [5.41, 5.74) is 0.380. The molecule has 1 aromatic heterocycles. The van der Waals surface area contributed by atoms with E-state index in [1.807, 2.05) is 6.07 Å². The Hall–Kier alpha value is -3.61. The van der Waals surface area contributed by atoms with Crippen LogP contribution in [-0.2, 0) is 11.3 Å². The minimum atomic E-state index is -0.534. The zero-order valence-corrected chi connectivity index (χ0v) is 16.1. The smallest absolute Gasteiger partial charge is 0.240 e. The molecule has 29 heavy (non-hydrogen) atoms. The van der Waals surface area contributed by atoms with E-state index in [0.717, 1.165) is 0 Å². The first-order chi connectivity index (χ1) is 13.8. The van der Waals surface area contributed by atoms with Gasteiger partial charge in [-0.25, -0.2) is 4.39 Å². The van der Waals surface area contributed by atoms with Crippen molar-refractivity contribution >= 4 is 5.91 Å². The molecule has 0 saturated heterocycles. The number of hydrogen-bond acceptors (Lipinski definition) is 4. The summed E-state index contributed by atoms with van der Waals surface area (Å²) in [4.78, 5) is 23.7. The summed E-state index contributed by atoms with van der Waals surface area (Å²) < 4.78 is 21.4. The largest absolute Gasteiger partial charge is 0.503 e. The molecular weight excluding hydrogens is 375 g/mol. The number of aromatic nitrogens is 1. The van der Waals surface area contributed by atoms with Gasteiger partial charge in [-0.3, -0.25) is 9.59 Å². The molecule has 3 aromatic rings. The van der Waals surface area contributed by atoms with Crippen molar-refractivity contribution in [2.45, 2.75) is 26.4 Å². The summed E-state index contributed by atoms with van der Waals surface area (Å²) >= 11 is 0. The maximum absolute atomic E-state index is 14.4. The Bertz CT molecular complexity index is 1080. The van der Waals surface area contributed by atoms with E-state index in [1.54, 1.807) is 44.2 Å². The number of nitrogens with one attached hydrogen (secondary N) is 1. The van der Waals surface area contributed by atoms with Gasteiger partial charge in [-0.2, -0.15) is 0 Å². The van der Waals surface area contributed by atoms with Crippen molar-refractivity contribution < 1.29 is 19.0 Å². The molecule has 0 bridgehead atoms. The number of benzene rings is 2. The molecule has 6 nitrogen and oxygen atoms in total. The van der Waals surface area contributed by atoms with E-state index in [-0.39, 0.29) is 24.0 Å². The fraction of sp³-hybridized carbons (Fsp3) is 0.182. The molecule has 7 heteroatoms. The number of rotatable bonds is 6. The lowest BCUT2D eigenvalue weighted by atomic mass is 10.1. The quantitative estimate of drug-likeness (QED) is 0.666. The van der Waals surface area contributed by atoms with Gasteiger partial charge in [-0.15, -0.1) is 0 Å². The Balaban J connectivity index is 1.66. The molecule has 0 radical (unpaired) electrons. The van der Waals surface area contributed by atoms with E-state index in [4.69, 9.17) is 4.74 Å². The topological polar surface area (TPSA) is 80.6 Å². The van der Waals surface area contributed by atoms with Gasteiger partial charge >= 0.3 is 0 Å². The molecule has 1 amide bonds. The van der Waals surface area contributed by atoms with Crippen molar-refractivity contribution in [3.05, 3.63) is 88.1 Å². The summed E-state index contributed by atoms with van der Waals surface area (Å²) in [6.45, 7) is 3.20. The summed E-state index contributed by atoms with van der Waals surface area (Å²) in [6, 6.07) is 14.2. The first-order valence-electron chi connectivity index (χ1n) is 9.06. The second-order valence-electron chi connectivity index (χ2n) is 6.64. The van der Waals surface area contributed by atoms with Crippen LogP contribution in [0, 0.1) is 12.7 Å². The molecule has 0 spiro atoms. The summed E-state index contributed by atoms with van der Waals surface area (Å²) in [5, 5.41) is 12.5. The third-order valence-electron chi connectivity index (χ3n) is 4.53. The second-order valence-corrected chi connectivity index (χ2v) is 6.64. The van der Waals surface area contributed by atoms with Gasteiger partial charge in [-0.05, 0) is 43.7 Å². The Labute approximate surface area is 167 Å². The number of carbonyl (C=O) groups is 1. The average molecular weight is 396 g/mol. The first-order valence-corrected chi connectivity index (χ1v) is 9.06. The van der Waals surface area contributed by atoms with E-state index < -0.39 is 17.3 Å². The van der Waals surface area contributed by atoms with Crippen molar-refractivity contribution in [2.24, 2.45) is 0 Å². The molecule has 1 atom stereocenters. The van der Waals surface area contributed by atoms with Crippen molar-refractivity contribution in [1.82, 2.24) is 9.88 Å². The lowest BCUT2D eigenvalue weighted by Gasteiger charge is -2.17. The third-order valence-corrected chi connectivity index (χ3v) is 4.53. The van der Waals surface area contributed by atoms with Crippen LogP contribution in [-0.4, -0.2) is 15.6 Å². The number of ether oxygens (including phenoxy) is 1. The van der Waals surface area contributed by atoms with Crippen LogP contribution in [0.25, 0.3) is 0 Å². The number of halogens is 1. The van der Waals surface area contributed by atoms with Crippen molar-refractivity contribution in [3.8, 4) is 17.2 Å². The van der Waals surface area contributed by atoms with Crippen LogP contribution < -0.4 is 15.5 Å². The van der Waals surface area contributed by atoms with Crippen LogP contribution in [0.2, 0.25) is 0 Å². The van der Waals surface area contributed by atoms with Gasteiger partial charge in [0, 0.05) is 12.3 Å². The summed E-state index contributed by atoms with van der Waals surface area (Å²) in [7, 11) is 0. The van der Waals surface area contributed by atoms with E-state index in [9.17, 15) is 19.1 Å². The first kappa shape index (κ1) is 20.1. The highest BCUT2D eigenvalue weighted by Crippen LogP contribution is 2.26. The second kappa shape index (κ2) is 8.60. The van der Waals surface area contributed by atoms with Crippen LogP contribution in [0.15, 0.2) is 65.6 Å². The monoisotopic (exact) mass is 396 g/mol. The van der Waals surface area contributed by atoms with Gasteiger partial charge in [0.25, 0.3) is 0 Å². The number of pyridine rings is 1. The SMILES string of the molecule is Cc1c(O)c(=O)ccn1CC(=O)NC(C)c1ccc(Oc2ccccc2)c(F)c1. The molecule has 0 aliphatic carbocycles. The Kier molecular flexibility index (Phi) is 5.97. The Morgan fingerprint density at radius 2 is 1.93 bits per heavy atom. The molecule has 0 fully saturated rings. The molecule has 0 aliphatic rings. The summed E-state index contributed by atoms with van der Waals surface area (Å²) in [5.74, 6) is -0.634.